The van der Waals surface area contributed by atoms with Crippen LogP contribution in [0.3, 0.4) is 0 Å². The summed E-state index contributed by atoms with van der Waals surface area (Å²) in [4.78, 5) is 15.0. The van der Waals surface area contributed by atoms with Crippen molar-refractivity contribution in [3.8, 4) is 5.75 Å². The molecule has 0 unspecified atom stereocenters. The van der Waals surface area contributed by atoms with Crippen LogP contribution in [0.4, 0.5) is 0 Å². The molecule has 0 bridgehead atoms. The lowest BCUT2D eigenvalue weighted by Crippen LogP contribution is -2.12. The molecule has 0 aliphatic heterocycles. The van der Waals surface area contributed by atoms with Crippen molar-refractivity contribution in [1.82, 2.24) is 14.8 Å². The maximum Gasteiger partial charge on any atom is 0.164 e. The minimum Gasteiger partial charge on any atom is -0.483 e. The van der Waals surface area contributed by atoms with Gasteiger partial charge in [-0.3, -0.25) is 4.79 Å². The van der Waals surface area contributed by atoms with E-state index in [1.165, 1.54) is 6.33 Å². The first-order valence-corrected chi connectivity index (χ1v) is 8.03. The first kappa shape index (κ1) is 16.2. The Morgan fingerprint density at radius 2 is 2.00 bits per heavy atom. The van der Waals surface area contributed by atoms with Crippen LogP contribution in [0.25, 0.3) is 0 Å². The van der Waals surface area contributed by atoms with Crippen LogP contribution in [-0.2, 0) is 13.2 Å². The summed E-state index contributed by atoms with van der Waals surface area (Å²) in [5, 5.41) is 4.20. The fourth-order valence-electron chi connectivity index (χ4n) is 1.82. The molecule has 0 aliphatic carbocycles. The lowest BCUT2D eigenvalue weighted by atomic mass is 10.2. The van der Waals surface area contributed by atoms with Gasteiger partial charge in [0, 0.05) is 12.1 Å². The van der Waals surface area contributed by atoms with Crippen molar-refractivity contribution >= 4 is 38.1 Å². The van der Waals surface area contributed by atoms with E-state index in [0.717, 1.165) is 18.7 Å². The maximum absolute atomic E-state index is 10.8. The summed E-state index contributed by atoms with van der Waals surface area (Å²) in [6.07, 6.45) is 2.32. The minimum absolute atomic E-state index is 0.310. The third-order valence-electron chi connectivity index (χ3n) is 2.74. The van der Waals surface area contributed by atoms with Gasteiger partial charge in [-0.2, -0.15) is 5.10 Å². The molecule has 0 aliphatic rings. The number of benzene rings is 1. The summed E-state index contributed by atoms with van der Waals surface area (Å²) < 4.78 is 9.07. The van der Waals surface area contributed by atoms with Gasteiger partial charge >= 0.3 is 0 Å². The van der Waals surface area contributed by atoms with Gasteiger partial charge in [0.2, 0.25) is 0 Å². The molecule has 1 heterocycles. The molecule has 0 fully saturated rings. The summed E-state index contributed by atoms with van der Waals surface area (Å²) in [6.45, 7) is 5.35. The van der Waals surface area contributed by atoms with E-state index < -0.39 is 0 Å². The highest BCUT2D eigenvalue weighted by Gasteiger charge is 2.12. The number of aromatic nitrogens is 3. The van der Waals surface area contributed by atoms with Gasteiger partial charge in [0.15, 0.2) is 5.82 Å². The van der Waals surface area contributed by atoms with Crippen molar-refractivity contribution in [1.29, 1.82) is 0 Å². The molecule has 1 aromatic carbocycles. The van der Waals surface area contributed by atoms with Gasteiger partial charge < -0.3 is 4.74 Å². The van der Waals surface area contributed by atoms with Crippen LogP contribution in [0.1, 0.15) is 30.0 Å². The third kappa shape index (κ3) is 4.14. The second-order valence-corrected chi connectivity index (χ2v) is 6.68. The molecule has 2 aromatic rings. The van der Waals surface area contributed by atoms with Gasteiger partial charge in [-0.1, -0.05) is 13.8 Å². The van der Waals surface area contributed by atoms with Gasteiger partial charge in [0.05, 0.1) is 8.95 Å². The van der Waals surface area contributed by atoms with Gasteiger partial charge in [-0.05, 0) is 49.9 Å². The van der Waals surface area contributed by atoms with Crippen molar-refractivity contribution < 1.29 is 9.53 Å². The summed E-state index contributed by atoms with van der Waals surface area (Å²) in [6, 6.07) is 3.43. The zero-order chi connectivity index (χ0) is 15.4. The smallest absolute Gasteiger partial charge is 0.164 e. The van der Waals surface area contributed by atoms with Crippen molar-refractivity contribution in [2.24, 2.45) is 5.92 Å². The van der Waals surface area contributed by atoms with E-state index in [9.17, 15) is 4.79 Å². The Morgan fingerprint density at radius 1 is 1.33 bits per heavy atom. The molecule has 5 nitrogen and oxygen atoms in total. The molecule has 112 valence electrons. The predicted molar refractivity (Wildman–Crippen MR) is 86.4 cm³/mol. The van der Waals surface area contributed by atoms with E-state index in [4.69, 9.17) is 4.74 Å². The molecular weight excluding hydrogens is 402 g/mol. The van der Waals surface area contributed by atoms with Crippen LogP contribution < -0.4 is 4.74 Å². The highest BCUT2D eigenvalue weighted by atomic mass is 79.9. The Balaban J connectivity index is 2.14. The number of halogens is 2. The summed E-state index contributed by atoms with van der Waals surface area (Å²) in [7, 11) is 0. The van der Waals surface area contributed by atoms with Crippen molar-refractivity contribution in [2.45, 2.75) is 27.0 Å². The molecule has 0 saturated heterocycles. The normalized spacial score (nSPS) is 10.9. The van der Waals surface area contributed by atoms with E-state index in [-0.39, 0.29) is 0 Å². The molecule has 0 atom stereocenters. The highest BCUT2D eigenvalue weighted by molar-refractivity contribution is 9.11. The van der Waals surface area contributed by atoms with Crippen LogP contribution >= 0.6 is 31.9 Å². The fourth-order valence-corrected chi connectivity index (χ4v) is 3.27. The largest absolute Gasteiger partial charge is 0.483 e. The summed E-state index contributed by atoms with van der Waals surface area (Å²) in [5.74, 6) is 1.89. The topological polar surface area (TPSA) is 57.0 Å². The second kappa shape index (κ2) is 7.17. The highest BCUT2D eigenvalue weighted by Crippen LogP contribution is 2.34. The van der Waals surface area contributed by atoms with Crippen LogP contribution in [0, 0.1) is 5.92 Å². The van der Waals surface area contributed by atoms with Crippen LogP contribution in [0.5, 0.6) is 5.75 Å². The van der Waals surface area contributed by atoms with Gasteiger partial charge in [-0.15, -0.1) is 0 Å². The number of rotatable bonds is 6. The zero-order valence-electron chi connectivity index (χ0n) is 11.7. The lowest BCUT2D eigenvalue weighted by molar-refractivity contribution is 0.112. The molecule has 0 amide bonds. The number of carbonyl (C=O) groups is 1. The average molecular weight is 417 g/mol. The molecule has 0 saturated carbocycles. The Hall–Kier alpha value is -1.21. The fraction of sp³-hybridized carbons (Fsp3) is 0.357. The number of hydrogen-bond donors (Lipinski definition) is 0. The molecular formula is C14H15Br2N3O2. The first-order valence-electron chi connectivity index (χ1n) is 6.45. The number of aldehydes is 1. The monoisotopic (exact) mass is 415 g/mol. The van der Waals surface area contributed by atoms with Crippen molar-refractivity contribution in [3.05, 3.63) is 38.8 Å². The molecule has 7 heteroatoms. The summed E-state index contributed by atoms with van der Waals surface area (Å²) in [5.41, 5.74) is 0.573. The van der Waals surface area contributed by atoms with Crippen LogP contribution in [0.2, 0.25) is 0 Å². The minimum atomic E-state index is 0.310. The Bertz CT molecular complexity index is 618. The van der Waals surface area contributed by atoms with Crippen molar-refractivity contribution in [2.75, 3.05) is 0 Å². The van der Waals surface area contributed by atoms with E-state index in [1.807, 2.05) is 4.68 Å². The number of hydrogen-bond acceptors (Lipinski definition) is 4. The molecule has 0 radical (unpaired) electrons. The van der Waals surface area contributed by atoms with E-state index >= 15 is 0 Å². The van der Waals surface area contributed by atoms with E-state index in [2.05, 4.69) is 55.8 Å². The first-order chi connectivity index (χ1) is 10.0. The quantitative estimate of drug-likeness (QED) is 0.671. The molecule has 1 aromatic heterocycles. The number of ether oxygens (including phenoxy) is 1. The maximum atomic E-state index is 10.8. The van der Waals surface area contributed by atoms with Crippen LogP contribution in [-0.4, -0.2) is 21.1 Å². The van der Waals surface area contributed by atoms with Gasteiger partial charge in [-0.25, -0.2) is 9.67 Å². The van der Waals surface area contributed by atoms with Gasteiger partial charge in [0.1, 0.15) is 25.0 Å². The Kier molecular flexibility index (Phi) is 5.52. The Labute approximate surface area is 140 Å². The summed E-state index contributed by atoms with van der Waals surface area (Å²) >= 11 is 6.81. The van der Waals surface area contributed by atoms with Gasteiger partial charge in [0.25, 0.3) is 0 Å². The number of nitrogens with zero attached hydrogens (tertiary/aromatic N) is 3. The van der Waals surface area contributed by atoms with E-state index in [1.54, 1.807) is 12.1 Å². The van der Waals surface area contributed by atoms with Crippen LogP contribution in [0.15, 0.2) is 27.4 Å². The van der Waals surface area contributed by atoms with Crippen molar-refractivity contribution in [3.63, 3.8) is 0 Å². The second-order valence-electron chi connectivity index (χ2n) is 4.97. The standard InChI is InChI=1S/C14H15Br2N3O2/c1-9(2)5-19-13(17-8-18-19)7-21-14-11(15)3-10(6-20)4-12(14)16/h3-4,6,8-9H,5,7H2,1-2H3. The Morgan fingerprint density at radius 3 is 2.57 bits per heavy atom. The third-order valence-corrected chi connectivity index (χ3v) is 3.91. The SMILES string of the molecule is CC(C)Cn1ncnc1COc1c(Br)cc(C=O)cc1Br. The molecule has 0 spiro atoms. The molecule has 0 N–H and O–H groups in total. The average Bonchev–Trinajstić information content (AvgIpc) is 2.84. The molecule has 2 rings (SSSR count). The molecule has 21 heavy (non-hydrogen) atoms. The lowest BCUT2D eigenvalue weighted by Gasteiger charge is -2.12. The van der Waals surface area contributed by atoms with E-state index in [0.29, 0.717) is 32.8 Å². The zero-order valence-corrected chi connectivity index (χ0v) is 14.9. The number of carbonyl (C=O) groups excluding carboxylic acids is 1. The predicted octanol–water partition coefficient (Wildman–Crippen LogP) is 3.85.